The Morgan fingerprint density at radius 3 is 1.86 bits per heavy atom. The molecule has 0 radical (unpaired) electrons. The van der Waals surface area contributed by atoms with Gasteiger partial charge in [-0.15, -0.1) is 0 Å². The second-order valence-electron chi connectivity index (χ2n) is 5.79. The molecule has 0 aromatic heterocycles. The summed E-state index contributed by atoms with van der Waals surface area (Å²) in [5, 5.41) is 16.8. The number of amides is 1. The van der Waals surface area contributed by atoms with Gasteiger partial charge in [-0.1, -0.05) is 0 Å². The van der Waals surface area contributed by atoms with E-state index in [0.29, 0.717) is 48.9 Å². The second-order valence-corrected chi connectivity index (χ2v) is 5.79. The Kier molecular flexibility index (Phi) is 8.07. The third-order valence-corrected chi connectivity index (χ3v) is 3.68. The highest BCUT2D eigenvalue weighted by atomic mass is 16.5. The number of nitrogens with zero attached hydrogens (tertiary/aromatic N) is 3. The van der Waals surface area contributed by atoms with Crippen LogP contribution in [0, 0.1) is 0 Å². The minimum atomic E-state index is -1.04. The Labute approximate surface area is 162 Å². The molecule has 1 amide bonds. The van der Waals surface area contributed by atoms with E-state index < -0.39 is 12.6 Å². The number of carbonyl (C=O) groups is 2. The van der Waals surface area contributed by atoms with Crippen LogP contribution >= 0.6 is 0 Å². The first-order chi connectivity index (χ1) is 13.5. The Balaban J connectivity index is 1.99. The largest absolute Gasteiger partial charge is 0.482 e. The molecule has 2 aromatic carbocycles. The van der Waals surface area contributed by atoms with Gasteiger partial charge in [0.2, 0.25) is 0 Å². The number of ether oxygens (including phenoxy) is 1. The normalized spacial score (nSPS) is 10.8. The number of benzene rings is 2. The van der Waals surface area contributed by atoms with Crippen LogP contribution in [-0.2, 0) is 4.79 Å². The minimum Gasteiger partial charge on any atom is -0.482 e. The molecule has 0 atom stereocenters. The number of azo groups is 1. The number of carboxylic acids is 1. The van der Waals surface area contributed by atoms with Gasteiger partial charge in [-0.2, -0.15) is 10.2 Å². The summed E-state index contributed by atoms with van der Waals surface area (Å²) < 4.78 is 5.05. The third kappa shape index (κ3) is 6.45. The monoisotopic (exact) mass is 385 g/mol. The van der Waals surface area contributed by atoms with Gasteiger partial charge in [0.1, 0.15) is 5.75 Å². The van der Waals surface area contributed by atoms with Crippen LogP contribution in [-0.4, -0.2) is 54.7 Å². The topological polar surface area (TPSA) is 144 Å². The van der Waals surface area contributed by atoms with Crippen molar-refractivity contribution in [1.82, 2.24) is 4.90 Å². The molecule has 9 nitrogen and oxygen atoms in total. The third-order valence-electron chi connectivity index (χ3n) is 3.68. The molecule has 0 saturated heterocycles. The number of aliphatic carboxylic acids is 1. The van der Waals surface area contributed by atoms with Gasteiger partial charge >= 0.3 is 5.97 Å². The zero-order valence-electron chi connectivity index (χ0n) is 15.3. The highest BCUT2D eigenvalue weighted by molar-refractivity contribution is 5.94. The lowest BCUT2D eigenvalue weighted by Crippen LogP contribution is -2.38. The van der Waals surface area contributed by atoms with Crippen molar-refractivity contribution in [3.05, 3.63) is 54.1 Å². The van der Waals surface area contributed by atoms with E-state index in [2.05, 4.69) is 10.2 Å². The van der Waals surface area contributed by atoms with Gasteiger partial charge in [0.05, 0.1) is 11.4 Å². The molecule has 2 aromatic rings. The molecule has 0 heterocycles. The summed E-state index contributed by atoms with van der Waals surface area (Å²) in [5.74, 6) is -0.736. The minimum absolute atomic E-state index is 0.128. The van der Waals surface area contributed by atoms with Crippen molar-refractivity contribution in [2.45, 2.75) is 0 Å². The highest BCUT2D eigenvalue weighted by Gasteiger charge is 2.14. The quantitative estimate of drug-likeness (QED) is 0.533. The molecule has 0 saturated carbocycles. The SMILES string of the molecule is NCCN(CCN)C(=O)c1ccc(N=Nc2ccc(OCC(=O)O)cc2)cc1. The summed E-state index contributed by atoms with van der Waals surface area (Å²) in [6, 6.07) is 13.3. The molecule has 0 aliphatic carbocycles. The van der Waals surface area contributed by atoms with Crippen molar-refractivity contribution >= 4 is 23.3 Å². The molecule has 2 rings (SSSR count). The Hall–Kier alpha value is -3.30. The van der Waals surface area contributed by atoms with Crippen LogP contribution in [0.15, 0.2) is 58.8 Å². The summed E-state index contributed by atoms with van der Waals surface area (Å²) >= 11 is 0. The van der Waals surface area contributed by atoms with E-state index in [0.717, 1.165) is 0 Å². The summed E-state index contributed by atoms with van der Waals surface area (Å²) in [7, 11) is 0. The van der Waals surface area contributed by atoms with Gasteiger partial charge in [0.15, 0.2) is 6.61 Å². The first-order valence-corrected chi connectivity index (χ1v) is 8.69. The van der Waals surface area contributed by atoms with E-state index in [1.54, 1.807) is 53.4 Å². The predicted octanol–water partition coefficient (Wildman–Crippen LogP) is 1.93. The number of nitrogens with two attached hydrogens (primary N) is 2. The number of rotatable bonds is 10. The lowest BCUT2D eigenvalue weighted by molar-refractivity contribution is -0.139. The lowest BCUT2D eigenvalue weighted by atomic mass is 10.2. The first kappa shape index (κ1) is 21.0. The zero-order valence-corrected chi connectivity index (χ0v) is 15.3. The summed E-state index contributed by atoms with van der Waals surface area (Å²) in [5.41, 5.74) is 12.8. The molecule has 0 spiro atoms. The average molecular weight is 385 g/mol. The van der Waals surface area contributed by atoms with Crippen LogP contribution in [0.2, 0.25) is 0 Å². The number of hydrogen-bond donors (Lipinski definition) is 3. The van der Waals surface area contributed by atoms with Crippen molar-refractivity contribution in [1.29, 1.82) is 0 Å². The maximum absolute atomic E-state index is 12.5. The fourth-order valence-corrected chi connectivity index (χ4v) is 2.35. The molecule has 9 heteroatoms. The summed E-state index contributed by atoms with van der Waals surface area (Å²) in [6.07, 6.45) is 0. The van der Waals surface area contributed by atoms with E-state index in [1.807, 2.05) is 0 Å². The van der Waals surface area contributed by atoms with Crippen molar-refractivity contribution in [2.75, 3.05) is 32.8 Å². The van der Waals surface area contributed by atoms with Crippen LogP contribution in [0.3, 0.4) is 0 Å². The fourth-order valence-electron chi connectivity index (χ4n) is 2.35. The summed E-state index contributed by atoms with van der Waals surface area (Å²) in [4.78, 5) is 24.5. The van der Waals surface area contributed by atoms with E-state index in [1.165, 1.54) is 0 Å². The molecule has 0 bridgehead atoms. The highest BCUT2D eigenvalue weighted by Crippen LogP contribution is 2.22. The van der Waals surface area contributed by atoms with E-state index in [-0.39, 0.29) is 5.91 Å². The first-order valence-electron chi connectivity index (χ1n) is 8.69. The van der Waals surface area contributed by atoms with E-state index in [4.69, 9.17) is 21.3 Å². The van der Waals surface area contributed by atoms with Crippen molar-refractivity contribution < 1.29 is 19.4 Å². The number of hydrogen-bond acceptors (Lipinski definition) is 7. The molecular formula is C19H23N5O4. The molecule has 0 aliphatic heterocycles. The summed E-state index contributed by atoms with van der Waals surface area (Å²) in [6.45, 7) is 1.24. The Morgan fingerprint density at radius 2 is 1.39 bits per heavy atom. The molecular weight excluding hydrogens is 362 g/mol. The fraction of sp³-hybridized carbons (Fsp3) is 0.263. The van der Waals surface area contributed by atoms with Crippen LogP contribution in [0.1, 0.15) is 10.4 Å². The standard InChI is InChI=1S/C19H23N5O4/c20-9-11-24(12-10-21)19(27)14-1-3-15(4-2-14)22-23-16-5-7-17(8-6-16)28-13-18(25)26/h1-8H,9-13,20-21H2,(H,25,26). The van der Waals surface area contributed by atoms with Crippen LogP contribution in [0.25, 0.3) is 0 Å². The van der Waals surface area contributed by atoms with Crippen LogP contribution in [0.4, 0.5) is 11.4 Å². The van der Waals surface area contributed by atoms with Gasteiger partial charge in [0.25, 0.3) is 5.91 Å². The maximum atomic E-state index is 12.5. The predicted molar refractivity (Wildman–Crippen MR) is 104 cm³/mol. The smallest absolute Gasteiger partial charge is 0.341 e. The van der Waals surface area contributed by atoms with Gasteiger partial charge in [-0.3, -0.25) is 4.79 Å². The number of carbonyl (C=O) groups excluding carboxylic acids is 1. The average Bonchev–Trinajstić information content (AvgIpc) is 2.71. The van der Waals surface area contributed by atoms with Gasteiger partial charge in [0, 0.05) is 31.7 Å². The number of carboxylic acid groups (broad SMARTS) is 1. The lowest BCUT2D eigenvalue weighted by Gasteiger charge is -2.21. The van der Waals surface area contributed by atoms with E-state index in [9.17, 15) is 9.59 Å². The maximum Gasteiger partial charge on any atom is 0.341 e. The van der Waals surface area contributed by atoms with Crippen molar-refractivity contribution in [3.63, 3.8) is 0 Å². The van der Waals surface area contributed by atoms with Gasteiger partial charge < -0.3 is 26.2 Å². The molecule has 0 unspecified atom stereocenters. The molecule has 0 fully saturated rings. The van der Waals surface area contributed by atoms with Crippen LogP contribution in [0.5, 0.6) is 5.75 Å². The molecule has 148 valence electrons. The van der Waals surface area contributed by atoms with Gasteiger partial charge in [-0.25, -0.2) is 4.79 Å². The van der Waals surface area contributed by atoms with Crippen molar-refractivity contribution in [3.8, 4) is 5.75 Å². The van der Waals surface area contributed by atoms with Gasteiger partial charge in [-0.05, 0) is 48.5 Å². The molecule has 28 heavy (non-hydrogen) atoms. The molecule has 0 aliphatic rings. The Bertz CT molecular complexity index is 800. The van der Waals surface area contributed by atoms with Crippen LogP contribution < -0.4 is 16.2 Å². The Morgan fingerprint density at radius 1 is 0.893 bits per heavy atom. The van der Waals surface area contributed by atoms with E-state index >= 15 is 0 Å². The molecule has 5 N–H and O–H groups in total. The zero-order chi connectivity index (χ0) is 20.4. The second kappa shape index (κ2) is 10.8. The van der Waals surface area contributed by atoms with Crippen molar-refractivity contribution in [2.24, 2.45) is 21.7 Å².